The summed E-state index contributed by atoms with van der Waals surface area (Å²) in [6.45, 7) is 3.20. The van der Waals surface area contributed by atoms with E-state index in [9.17, 15) is 22.4 Å². The number of amides is 2. The van der Waals surface area contributed by atoms with Crippen LogP contribution in [0, 0.1) is 5.82 Å². The minimum atomic E-state index is -4.02. The second-order valence-corrected chi connectivity index (χ2v) is 9.97. The highest BCUT2D eigenvalue weighted by Gasteiger charge is 2.43. The summed E-state index contributed by atoms with van der Waals surface area (Å²) in [6.07, 6.45) is 1.56. The molecular weight excluding hydrogens is 431 g/mol. The molecule has 0 N–H and O–H groups in total. The molecule has 0 spiro atoms. The largest absolute Gasteiger partial charge is 0.331 e. The smallest absolute Gasteiger partial charge is 0.269 e. The molecule has 2 aromatic rings. The van der Waals surface area contributed by atoms with Gasteiger partial charge in [0.2, 0.25) is 0 Å². The molecule has 1 fully saturated rings. The summed E-state index contributed by atoms with van der Waals surface area (Å²) in [7, 11) is -4.02. The molecule has 30 heavy (non-hydrogen) atoms. The highest BCUT2D eigenvalue weighted by Crippen LogP contribution is 2.35. The first kappa shape index (κ1) is 20.8. The molecule has 0 radical (unpaired) electrons. The van der Waals surface area contributed by atoms with Crippen LogP contribution in [0.25, 0.3) is 0 Å². The van der Waals surface area contributed by atoms with Crippen LogP contribution >= 0.6 is 11.6 Å². The highest BCUT2D eigenvalue weighted by atomic mass is 35.5. The average molecular weight is 451 g/mol. The number of sulfonamides is 1. The summed E-state index contributed by atoms with van der Waals surface area (Å²) in [5.41, 5.74) is 0.403. The summed E-state index contributed by atoms with van der Waals surface area (Å²) in [6, 6.07) is 7.78. The van der Waals surface area contributed by atoms with E-state index in [1.165, 1.54) is 35.2 Å². The minimum Gasteiger partial charge on any atom is -0.331 e. The number of benzene rings is 2. The second kappa shape index (κ2) is 7.35. The molecule has 1 heterocycles. The Bertz CT molecular complexity index is 1140. The van der Waals surface area contributed by atoms with Gasteiger partial charge in [0, 0.05) is 28.2 Å². The Labute approximate surface area is 179 Å². The van der Waals surface area contributed by atoms with E-state index >= 15 is 0 Å². The molecular formula is C21H20ClFN2O4S. The lowest BCUT2D eigenvalue weighted by Gasteiger charge is -2.23. The van der Waals surface area contributed by atoms with Crippen molar-refractivity contribution in [3.8, 4) is 0 Å². The maximum absolute atomic E-state index is 14.3. The summed E-state index contributed by atoms with van der Waals surface area (Å²) < 4.78 is 40.7. The predicted octanol–water partition coefficient (Wildman–Crippen LogP) is 3.84. The first-order valence-electron chi connectivity index (χ1n) is 9.59. The molecule has 0 atom stereocenters. The van der Waals surface area contributed by atoms with Gasteiger partial charge in [-0.25, -0.2) is 17.1 Å². The van der Waals surface area contributed by atoms with Gasteiger partial charge in [0.15, 0.2) is 0 Å². The van der Waals surface area contributed by atoms with Crippen LogP contribution in [0.4, 0.5) is 4.39 Å². The fourth-order valence-electron chi connectivity index (χ4n) is 3.66. The molecule has 9 heteroatoms. The summed E-state index contributed by atoms with van der Waals surface area (Å²) >= 11 is 6.12. The molecule has 1 aliphatic heterocycles. The highest BCUT2D eigenvalue weighted by molar-refractivity contribution is 7.90. The van der Waals surface area contributed by atoms with E-state index < -0.39 is 33.7 Å². The van der Waals surface area contributed by atoms with Crippen molar-refractivity contribution in [2.24, 2.45) is 0 Å². The Morgan fingerprint density at radius 1 is 1.27 bits per heavy atom. The van der Waals surface area contributed by atoms with Gasteiger partial charge in [0.05, 0.1) is 12.1 Å². The van der Waals surface area contributed by atoms with E-state index in [0.29, 0.717) is 0 Å². The van der Waals surface area contributed by atoms with Crippen molar-refractivity contribution < 1.29 is 22.4 Å². The maximum Gasteiger partial charge on any atom is 0.269 e. The molecule has 0 bridgehead atoms. The van der Waals surface area contributed by atoms with E-state index in [2.05, 4.69) is 0 Å². The molecule has 4 rings (SSSR count). The Kier molecular flexibility index (Phi) is 5.10. The number of hydrogen-bond donors (Lipinski definition) is 0. The van der Waals surface area contributed by atoms with Crippen LogP contribution in [0.3, 0.4) is 0 Å². The van der Waals surface area contributed by atoms with Gasteiger partial charge in [-0.3, -0.25) is 9.59 Å². The Balaban J connectivity index is 1.70. The summed E-state index contributed by atoms with van der Waals surface area (Å²) in [4.78, 5) is 27.1. The van der Waals surface area contributed by atoms with Gasteiger partial charge in [-0.1, -0.05) is 17.7 Å². The normalized spacial score (nSPS) is 17.4. The Hall–Kier alpha value is -2.45. The topological polar surface area (TPSA) is 74.8 Å². The van der Waals surface area contributed by atoms with Gasteiger partial charge in [0.25, 0.3) is 21.8 Å². The molecule has 0 unspecified atom stereocenters. The Morgan fingerprint density at radius 3 is 2.57 bits per heavy atom. The van der Waals surface area contributed by atoms with Crippen LogP contribution in [-0.2, 0) is 16.6 Å². The molecule has 2 aromatic carbocycles. The molecule has 2 amide bonds. The lowest BCUT2D eigenvalue weighted by Crippen LogP contribution is -2.36. The van der Waals surface area contributed by atoms with Crippen molar-refractivity contribution in [2.45, 2.75) is 50.2 Å². The van der Waals surface area contributed by atoms with E-state index in [4.69, 9.17) is 11.6 Å². The number of halogens is 2. The Morgan fingerprint density at radius 2 is 1.97 bits per heavy atom. The molecule has 1 saturated carbocycles. The third kappa shape index (κ3) is 3.37. The predicted molar refractivity (Wildman–Crippen MR) is 109 cm³/mol. The van der Waals surface area contributed by atoms with Gasteiger partial charge in [-0.2, -0.15) is 0 Å². The fraction of sp³-hybridized carbons (Fsp3) is 0.333. The molecule has 158 valence electrons. The molecule has 0 saturated heterocycles. The number of hydrogen-bond acceptors (Lipinski definition) is 4. The average Bonchev–Trinajstić information content (AvgIpc) is 3.48. The number of fused-ring (bicyclic) bond motifs is 1. The van der Waals surface area contributed by atoms with Crippen LogP contribution in [0.5, 0.6) is 0 Å². The SMILES string of the molecule is CC(C)N1C(=O)c2ccc(C(=O)N(Cc3c(F)cccc3Cl)C3CC3)cc2S1(=O)=O. The first-order chi connectivity index (χ1) is 14.1. The minimum absolute atomic E-state index is 0.0180. The quantitative estimate of drug-likeness (QED) is 0.693. The van der Waals surface area contributed by atoms with E-state index in [1.54, 1.807) is 19.9 Å². The third-order valence-electron chi connectivity index (χ3n) is 5.30. The van der Waals surface area contributed by atoms with Gasteiger partial charge in [0.1, 0.15) is 10.7 Å². The molecule has 1 aliphatic carbocycles. The summed E-state index contributed by atoms with van der Waals surface area (Å²) in [5, 5.41) is 0.225. The third-order valence-corrected chi connectivity index (χ3v) is 7.66. The second-order valence-electron chi connectivity index (χ2n) is 7.78. The van der Waals surface area contributed by atoms with Crippen molar-refractivity contribution in [3.05, 3.63) is 63.9 Å². The maximum atomic E-state index is 14.3. The molecule has 2 aliphatic rings. The van der Waals surface area contributed by atoms with E-state index in [-0.39, 0.29) is 39.2 Å². The number of carbonyl (C=O) groups is 2. The van der Waals surface area contributed by atoms with Crippen LogP contribution in [0.15, 0.2) is 41.3 Å². The zero-order valence-electron chi connectivity index (χ0n) is 16.4. The number of carbonyl (C=O) groups excluding carboxylic acids is 2. The lowest BCUT2D eigenvalue weighted by molar-refractivity contribution is 0.0727. The van der Waals surface area contributed by atoms with Gasteiger partial charge in [-0.05, 0) is 57.0 Å². The van der Waals surface area contributed by atoms with Crippen molar-refractivity contribution in [2.75, 3.05) is 0 Å². The van der Waals surface area contributed by atoms with E-state index in [1.807, 2.05) is 0 Å². The molecule has 0 aromatic heterocycles. The van der Waals surface area contributed by atoms with Crippen LogP contribution in [-0.4, -0.2) is 41.5 Å². The zero-order chi connectivity index (χ0) is 21.8. The lowest BCUT2D eigenvalue weighted by atomic mass is 10.1. The molecule has 6 nitrogen and oxygen atoms in total. The van der Waals surface area contributed by atoms with Crippen molar-refractivity contribution in [3.63, 3.8) is 0 Å². The monoisotopic (exact) mass is 450 g/mol. The van der Waals surface area contributed by atoms with Gasteiger partial charge < -0.3 is 4.90 Å². The fourth-order valence-corrected chi connectivity index (χ4v) is 5.68. The standard InChI is InChI=1S/C21H20ClFN2O4S/c1-12(2)25-21(27)15-9-6-13(10-19(15)30(25,28)29)20(26)24(14-7-8-14)11-16-17(22)4-3-5-18(16)23/h3-6,9-10,12,14H,7-8,11H2,1-2H3. The van der Waals surface area contributed by atoms with Gasteiger partial charge >= 0.3 is 0 Å². The van der Waals surface area contributed by atoms with Crippen LogP contribution < -0.4 is 0 Å². The van der Waals surface area contributed by atoms with Crippen molar-refractivity contribution >= 4 is 33.4 Å². The summed E-state index contributed by atoms with van der Waals surface area (Å²) in [5.74, 6) is -1.53. The van der Waals surface area contributed by atoms with Crippen molar-refractivity contribution in [1.29, 1.82) is 0 Å². The van der Waals surface area contributed by atoms with E-state index in [0.717, 1.165) is 17.1 Å². The number of nitrogens with zero attached hydrogens (tertiary/aromatic N) is 2. The van der Waals surface area contributed by atoms with Crippen LogP contribution in [0.2, 0.25) is 5.02 Å². The van der Waals surface area contributed by atoms with Gasteiger partial charge in [-0.15, -0.1) is 0 Å². The van der Waals surface area contributed by atoms with Crippen LogP contribution in [0.1, 0.15) is 53.0 Å². The van der Waals surface area contributed by atoms with Crippen molar-refractivity contribution in [1.82, 2.24) is 9.21 Å². The zero-order valence-corrected chi connectivity index (χ0v) is 18.0. The first-order valence-corrected chi connectivity index (χ1v) is 11.4. The number of rotatable bonds is 5.